The van der Waals surface area contributed by atoms with Gasteiger partial charge in [0.1, 0.15) is 0 Å². The fraction of sp³-hybridized carbons (Fsp3) is 0.571. The third-order valence-electron chi connectivity index (χ3n) is 3.58. The maximum absolute atomic E-state index is 12.1. The second kappa shape index (κ2) is 7.17. The Bertz CT molecular complexity index is 496. The topological polar surface area (TPSA) is 66.6 Å². The molecule has 6 heteroatoms. The second-order valence-corrected chi connectivity index (χ2v) is 7.21. The standard InChI is InChI=1S/C14H23N3O2S/c15-7-4-12-20(18,19)17-10-8-16(9-11-17)13-14-5-2-1-3-6-14/h1-3,5-6H,4,7-13,15H2. The molecular weight excluding hydrogens is 274 g/mol. The quantitative estimate of drug-likeness (QED) is 0.829. The summed E-state index contributed by atoms with van der Waals surface area (Å²) in [5.74, 6) is 0.169. The first kappa shape index (κ1) is 15.4. The van der Waals surface area contributed by atoms with E-state index in [-0.39, 0.29) is 5.75 Å². The number of nitrogens with zero attached hydrogens (tertiary/aromatic N) is 2. The third kappa shape index (κ3) is 4.28. The molecule has 0 atom stereocenters. The highest BCUT2D eigenvalue weighted by molar-refractivity contribution is 7.89. The number of hydrogen-bond acceptors (Lipinski definition) is 4. The normalized spacial score (nSPS) is 18.2. The van der Waals surface area contributed by atoms with Crippen molar-refractivity contribution in [2.75, 3.05) is 38.5 Å². The molecule has 5 nitrogen and oxygen atoms in total. The van der Waals surface area contributed by atoms with Crippen LogP contribution in [0.2, 0.25) is 0 Å². The van der Waals surface area contributed by atoms with Gasteiger partial charge in [0.15, 0.2) is 0 Å². The van der Waals surface area contributed by atoms with E-state index in [0.29, 0.717) is 26.1 Å². The predicted molar refractivity (Wildman–Crippen MR) is 80.8 cm³/mol. The minimum Gasteiger partial charge on any atom is -0.330 e. The highest BCUT2D eigenvalue weighted by atomic mass is 32.2. The summed E-state index contributed by atoms with van der Waals surface area (Å²) >= 11 is 0. The van der Waals surface area contributed by atoms with Crippen molar-refractivity contribution in [3.05, 3.63) is 35.9 Å². The van der Waals surface area contributed by atoms with Gasteiger partial charge in [0.25, 0.3) is 0 Å². The van der Waals surface area contributed by atoms with Crippen molar-refractivity contribution in [2.24, 2.45) is 5.73 Å². The van der Waals surface area contributed by atoms with E-state index in [9.17, 15) is 8.42 Å². The predicted octanol–water partition coefficient (Wildman–Crippen LogP) is 0.483. The summed E-state index contributed by atoms with van der Waals surface area (Å²) in [4.78, 5) is 2.30. The zero-order valence-electron chi connectivity index (χ0n) is 11.7. The van der Waals surface area contributed by atoms with Gasteiger partial charge in [-0.25, -0.2) is 8.42 Å². The van der Waals surface area contributed by atoms with Crippen molar-refractivity contribution < 1.29 is 8.42 Å². The van der Waals surface area contributed by atoms with Crippen LogP contribution in [-0.2, 0) is 16.6 Å². The average Bonchev–Trinajstić information content (AvgIpc) is 2.47. The number of hydrogen-bond donors (Lipinski definition) is 1. The first-order valence-electron chi connectivity index (χ1n) is 7.06. The van der Waals surface area contributed by atoms with Gasteiger partial charge in [0, 0.05) is 32.7 Å². The summed E-state index contributed by atoms with van der Waals surface area (Å²) < 4.78 is 25.7. The minimum atomic E-state index is -3.12. The van der Waals surface area contributed by atoms with Gasteiger partial charge in [-0.2, -0.15) is 4.31 Å². The Morgan fingerprint density at radius 3 is 2.30 bits per heavy atom. The Morgan fingerprint density at radius 2 is 1.70 bits per heavy atom. The Morgan fingerprint density at radius 1 is 1.05 bits per heavy atom. The first-order valence-corrected chi connectivity index (χ1v) is 8.67. The van der Waals surface area contributed by atoms with Crippen LogP contribution in [0.3, 0.4) is 0 Å². The van der Waals surface area contributed by atoms with Gasteiger partial charge in [0.2, 0.25) is 10.0 Å². The lowest BCUT2D eigenvalue weighted by molar-refractivity contribution is 0.181. The number of rotatable bonds is 6. The van der Waals surface area contributed by atoms with E-state index in [0.717, 1.165) is 19.6 Å². The van der Waals surface area contributed by atoms with Gasteiger partial charge >= 0.3 is 0 Å². The summed E-state index contributed by atoms with van der Waals surface area (Å²) in [7, 11) is -3.12. The van der Waals surface area contributed by atoms with E-state index in [1.807, 2.05) is 18.2 Å². The van der Waals surface area contributed by atoms with Crippen molar-refractivity contribution in [2.45, 2.75) is 13.0 Å². The van der Waals surface area contributed by atoms with E-state index >= 15 is 0 Å². The fourth-order valence-corrected chi connectivity index (χ4v) is 3.91. The Balaban J connectivity index is 1.83. The number of piperazine rings is 1. The lowest BCUT2D eigenvalue weighted by Gasteiger charge is -2.34. The molecule has 2 rings (SSSR count). The highest BCUT2D eigenvalue weighted by Gasteiger charge is 2.26. The molecule has 0 bridgehead atoms. The summed E-state index contributed by atoms with van der Waals surface area (Å²) in [6, 6.07) is 10.3. The van der Waals surface area contributed by atoms with Crippen molar-refractivity contribution in [1.29, 1.82) is 0 Å². The van der Waals surface area contributed by atoms with E-state index < -0.39 is 10.0 Å². The molecule has 20 heavy (non-hydrogen) atoms. The van der Waals surface area contributed by atoms with Crippen LogP contribution in [0.1, 0.15) is 12.0 Å². The zero-order valence-corrected chi connectivity index (χ0v) is 12.6. The molecule has 112 valence electrons. The Labute approximate surface area is 121 Å². The SMILES string of the molecule is NCCCS(=O)(=O)N1CCN(Cc2ccccc2)CC1. The molecule has 2 N–H and O–H groups in total. The van der Waals surface area contributed by atoms with Crippen LogP contribution in [-0.4, -0.2) is 56.1 Å². The first-order chi connectivity index (χ1) is 9.62. The van der Waals surface area contributed by atoms with Gasteiger partial charge in [-0.15, -0.1) is 0 Å². The smallest absolute Gasteiger partial charge is 0.214 e. The monoisotopic (exact) mass is 297 g/mol. The Kier molecular flexibility index (Phi) is 5.54. The molecule has 1 aromatic rings. The Hall–Kier alpha value is -0.950. The molecule has 1 aliphatic rings. The van der Waals surface area contributed by atoms with Crippen LogP contribution in [0.4, 0.5) is 0 Å². The van der Waals surface area contributed by atoms with Crippen molar-refractivity contribution in [1.82, 2.24) is 9.21 Å². The van der Waals surface area contributed by atoms with E-state index in [1.54, 1.807) is 4.31 Å². The van der Waals surface area contributed by atoms with Crippen LogP contribution in [0.15, 0.2) is 30.3 Å². The maximum Gasteiger partial charge on any atom is 0.214 e. The van der Waals surface area contributed by atoms with Gasteiger partial charge in [0.05, 0.1) is 5.75 Å². The van der Waals surface area contributed by atoms with Gasteiger partial charge < -0.3 is 5.73 Å². The van der Waals surface area contributed by atoms with Crippen LogP contribution >= 0.6 is 0 Å². The molecule has 0 spiro atoms. The number of sulfonamides is 1. The molecule has 1 saturated heterocycles. The summed E-state index contributed by atoms with van der Waals surface area (Å²) in [5.41, 5.74) is 6.65. The minimum absolute atomic E-state index is 0.169. The zero-order chi connectivity index (χ0) is 14.4. The van der Waals surface area contributed by atoms with Gasteiger partial charge in [-0.05, 0) is 18.5 Å². The largest absolute Gasteiger partial charge is 0.330 e. The van der Waals surface area contributed by atoms with Crippen molar-refractivity contribution in [3.63, 3.8) is 0 Å². The molecule has 0 saturated carbocycles. The maximum atomic E-state index is 12.1. The molecule has 1 heterocycles. The molecule has 1 fully saturated rings. The molecule has 0 unspecified atom stereocenters. The number of nitrogens with two attached hydrogens (primary N) is 1. The molecule has 0 amide bonds. The van der Waals surface area contributed by atoms with Crippen LogP contribution in [0.5, 0.6) is 0 Å². The highest BCUT2D eigenvalue weighted by Crippen LogP contribution is 2.12. The summed E-state index contributed by atoms with van der Waals surface area (Å²) in [5, 5.41) is 0. The van der Waals surface area contributed by atoms with Crippen molar-refractivity contribution in [3.8, 4) is 0 Å². The second-order valence-electron chi connectivity index (χ2n) is 5.12. The molecule has 0 aliphatic carbocycles. The third-order valence-corrected chi connectivity index (χ3v) is 5.54. The molecular formula is C14H23N3O2S. The lowest BCUT2D eigenvalue weighted by atomic mass is 10.2. The summed E-state index contributed by atoms with van der Waals surface area (Å²) in [6.45, 7) is 4.05. The van der Waals surface area contributed by atoms with E-state index in [1.165, 1.54) is 5.56 Å². The molecule has 1 aliphatic heterocycles. The van der Waals surface area contributed by atoms with E-state index in [4.69, 9.17) is 5.73 Å². The van der Waals surface area contributed by atoms with Gasteiger partial charge in [-0.3, -0.25) is 4.90 Å². The van der Waals surface area contributed by atoms with Gasteiger partial charge in [-0.1, -0.05) is 30.3 Å². The molecule has 0 aromatic heterocycles. The van der Waals surface area contributed by atoms with E-state index in [2.05, 4.69) is 17.0 Å². The number of benzene rings is 1. The summed E-state index contributed by atoms with van der Waals surface area (Å²) in [6.07, 6.45) is 0.534. The van der Waals surface area contributed by atoms with Crippen LogP contribution in [0, 0.1) is 0 Å². The lowest BCUT2D eigenvalue weighted by Crippen LogP contribution is -2.48. The van der Waals surface area contributed by atoms with Crippen LogP contribution < -0.4 is 5.73 Å². The fourth-order valence-electron chi connectivity index (χ4n) is 2.40. The molecule has 0 radical (unpaired) electrons. The average molecular weight is 297 g/mol. The molecule has 1 aromatic carbocycles. The van der Waals surface area contributed by atoms with Crippen molar-refractivity contribution >= 4 is 10.0 Å². The van der Waals surface area contributed by atoms with Crippen LogP contribution in [0.25, 0.3) is 0 Å².